The molecule has 0 aromatic carbocycles. The molecule has 0 amide bonds. The van der Waals surface area contributed by atoms with Gasteiger partial charge < -0.3 is 0 Å². The van der Waals surface area contributed by atoms with E-state index in [1.807, 2.05) is 0 Å². The first-order valence-electron chi connectivity index (χ1n) is 2.84. The predicted octanol–water partition coefficient (Wildman–Crippen LogP) is -1.15. The third kappa shape index (κ3) is 1.02. The average Bonchev–Trinajstić information content (AvgIpc) is 2.58. The molecule has 7 heteroatoms. The molecule has 11 heavy (non-hydrogen) atoms. The summed E-state index contributed by atoms with van der Waals surface area (Å²) in [4.78, 5) is 0. The molecule has 54 valence electrons. The maximum absolute atomic E-state index is 3.68. The highest BCUT2D eigenvalue weighted by atomic mass is 15.5. The van der Waals surface area contributed by atoms with Crippen molar-refractivity contribution < 1.29 is 0 Å². The molecule has 2 heterocycles. The van der Waals surface area contributed by atoms with E-state index in [4.69, 9.17) is 0 Å². The maximum atomic E-state index is 3.68. The van der Waals surface area contributed by atoms with Crippen LogP contribution in [0, 0.1) is 0 Å². The lowest BCUT2D eigenvalue weighted by Gasteiger charge is -1.91. The van der Waals surface area contributed by atoms with Crippen molar-refractivity contribution in [3.63, 3.8) is 0 Å². The van der Waals surface area contributed by atoms with Crippen LogP contribution in [0.3, 0.4) is 0 Å². The molecule has 0 saturated heterocycles. The maximum Gasteiger partial charge on any atom is 0.182 e. The van der Waals surface area contributed by atoms with E-state index in [1.165, 1.54) is 17.2 Å². The van der Waals surface area contributed by atoms with Gasteiger partial charge in [-0.15, -0.1) is 15.3 Å². The molecule has 2 aromatic heterocycles. The van der Waals surface area contributed by atoms with E-state index < -0.39 is 0 Å². The molecule has 0 aliphatic carbocycles. The first-order valence-corrected chi connectivity index (χ1v) is 2.84. The minimum Gasteiger partial charge on any atom is -0.180 e. The van der Waals surface area contributed by atoms with Gasteiger partial charge >= 0.3 is 0 Å². The van der Waals surface area contributed by atoms with Gasteiger partial charge in [-0.05, 0) is 15.6 Å². The van der Waals surface area contributed by atoms with Crippen LogP contribution in [-0.4, -0.2) is 35.6 Å². The van der Waals surface area contributed by atoms with E-state index in [0.717, 1.165) is 0 Å². The molecule has 0 fully saturated rings. The van der Waals surface area contributed by atoms with E-state index in [1.54, 1.807) is 6.07 Å². The molecule has 0 aliphatic rings. The second-order valence-electron chi connectivity index (χ2n) is 1.73. The minimum absolute atomic E-state index is 0.546. The van der Waals surface area contributed by atoms with Crippen molar-refractivity contribution in [2.45, 2.75) is 0 Å². The van der Waals surface area contributed by atoms with Gasteiger partial charge in [0.05, 0.1) is 6.20 Å². The normalized spacial score (nSPS) is 9.82. The molecule has 0 atom stereocenters. The second-order valence-corrected chi connectivity index (χ2v) is 1.73. The van der Waals surface area contributed by atoms with Crippen LogP contribution in [0.4, 0.5) is 0 Å². The number of tetrazole rings is 1. The van der Waals surface area contributed by atoms with Gasteiger partial charge in [0.25, 0.3) is 0 Å². The highest BCUT2D eigenvalue weighted by molar-refractivity contribution is 5.12. The predicted molar refractivity (Wildman–Crippen MR) is 32.5 cm³/mol. The summed E-state index contributed by atoms with van der Waals surface area (Å²) < 4.78 is 1.40. The number of nitrogens with zero attached hydrogens (tertiary/aromatic N) is 7. The summed E-state index contributed by atoms with van der Waals surface area (Å²) in [6.07, 6.45) is 2.95. The van der Waals surface area contributed by atoms with Crippen LogP contribution >= 0.6 is 0 Å². The summed E-state index contributed by atoms with van der Waals surface area (Å²) in [7, 11) is 0. The van der Waals surface area contributed by atoms with Crippen LogP contribution in [0.25, 0.3) is 5.82 Å². The number of aromatic nitrogens is 7. The Morgan fingerprint density at radius 2 is 2.18 bits per heavy atom. The van der Waals surface area contributed by atoms with Gasteiger partial charge in [0.2, 0.25) is 0 Å². The van der Waals surface area contributed by atoms with Gasteiger partial charge in [0.1, 0.15) is 6.33 Å². The van der Waals surface area contributed by atoms with E-state index in [0.29, 0.717) is 5.82 Å². The first kappa shape index (κ1) is 5.83. The first-order chi connectivity index (χ1) is 5.47. The number of hydrogen-bond acceptors (Lipinski definition) is 6. The molecule has 2 rings (SSSR count). The van der Waals surface area contributed by atoms with Crippen molar-refractivity contribution in [1.29, 1.82) is 0 Å². The lowest BCUT2D eigenvalue weighted by molar-refractivity contribution is 0.732. The van der Waals surface area contributed by atoms with Gasteiger partial charge in [-0.2, -0.15) is 4.68 Å². The number of rotatable bonds is 1. The summed E-state index contributed by atoms with van der Waals surface area (Å²) >= 11 is 0. The fourth-order valence-electron chi connectivity index (χ4n) is 0.623. The Morgan fingerprint density at radius 1 is 1.18 bits per heavy atom. The van der Waals surface area contributed by atoms with Gasteiger partial charge in [-0.25, -0.2) is 0 Å². The van der Waals surface area contributed by atoms with Gasteiger partial charge in [0.15, 0.2) is 5.82 Å². The van der Waals surface area contributed by atoms with Crippen LogP contribution in [0.1, 0.15) is 0 Å². The molecule has 0 bridgehead atoms. The molecule has 2 aromatic rings. The zero-order valence-electron chi connectivity index (χ0n) is 5.36. The molecule has 0 radical (unpaired) electrons. The van der Waals surface area contributed by atoms with Crippen molar-refractivity contribution in [2.24, 2.45) is 0 Å². The fourth-order valence-corrected chi connectivity index (χ4v) is 0.623. The Labute approximate surface area is 61.1 Å². The second kappa shape index (κ2) is 2.37. The summed E-state index contributed by atoms with van der Waals surface area (Å²) in [5, 5.41) is 21.1. The molecule has 0 saturated carbocycles. The summed E-state index contributed by atoms with van der Waals surface area (Å²) in [6, 6.07) is 1.66. The van der Waals surface area contributed by atoms with E-state index >= 15 is 0 Å². The third-order valence-electron chi connectivity index (χ3n) is 1.07. The Hall–Kier alpha value is -1.92. The molecule has 0 aliphatic heterocycles. The minimum atomic E-state index is 0.546. The zero-order valence-corrected chi connectivity index (χ0v) is 5.36. The van der Waals surface area contributed by atoms with Crippen LogP contribution in [0.5, 0.6) is 0 Å². The fraction of sp³-hybridized carbons (Fsp3) is 0. The standard InChI is InChI=1S/C4H3N7/c1-2-5-8-7-4(1)11-3-6-9-10-11/h1-3H. The van der Waals surface area contributed by atoms with E-state index in [2.05, 4.69) is 30.9 Å². The monoisotopic (exact) mass is 149 g/mol. The van der Waals surface area contributed by atoms with Gasteiger partial charge in [-0.3, -0.25) is 0 Å². The SMILES string of the molecule is c1cc(-n2cnnn2)nnn1. The van der Waals surface area contributed by atoms with Crippen molar-refractivity contribution >= 4 is 0 Å². The van der Waals surface area contributed by atoms with Crippen LogP contribution in [0.2, 0.25) is 0 Å². The van der Waals surface area contributed by atoms with Crippen LogP contribution in [-0.2, 0) is 0 Å². The van der Waals surface area contributed by atoms with E-state index in [-0.39, 0.29) is 0 Å². The van der Waals surface area contributed by atoms with Crippen molar-refractivity contribution in [3.05, 3.63) is 18.6 Å². The molecule has 7 nitrogen and oxygen atoms in total. The van der Waals surface area contributed by atoms with E-state index in [9.17, 15) is 0 Å². The zero-order chi connectivity index (χ0) is 7.52. The molecular formula is C4H3N7. The quantitative estimate of drug-likeness (QED) is 0.509. The lowest BCUT2D eigenvalue weighted by atomic mass is 10.6. The Balaban J connectivity index is 2.46. The Morgan fingerprint density at radius 3 is 2.82 bits per heavy atom. The van der Waals surface area contributed by atoms with Crippen molar-refractivity contribution in [1.82, 2.24) is 35.6 Å². The smallest absolute Gasteiger partial charge is 0.180 e. The average molecular weight is 149 g/mol. The topological polar surface area (TPSA) is 82.3 Å². The van der Waals surface area contributed by atoms with Crippen molar-refractivity contribution in [2.75, 3.05) is 0 Å². The van der Waals surface area contributed by atoms with Crippen molar-refractivity contribution in [3.8, 4) is 5.82 Å². The third-order valence-corrected chi connectivity index (χ3v) is 1.07. The van der Waals surface area contributed by atoms with Gasteiger partial charge in [0, 0.05) is 6.07 Å². The van der Waals surface area contributed by atoms with Gasteiger partial charge in [-0.1, -0.05) is 0 Å². The molecule has 0 spiro atoms. The Bertz CT molecular complexity index is 313. The lowest BCUT2D eigenvalue weighted by Crippen LogP contribution is -2.00. The highest BCUT2D eigenvalue weighted by Crippen LogP contribution is 1.92. The molecular weight excluding hydrogens is 146 g/mol. The molecule has 0 unspecified atom stereocenters. The largest absolute Gasteiger partial charge is 0.182 e. The molecule has 0 N–H and O–H groups in total. The summed E-state index contributed by atoms with van der Waals surface area (Å²) in [6.45, 7) is 0. The highest BCUT2D eigenvalue weighted by Gasteiger charge is 1.96. The Kier molecular flexibility index (Phi) is 1.26. The summed E-state index contributed by atoms with van der Waals surface area (Å²) in [5.74, 6) is 0.546. The number of hydrogen-bond donors (Lipinski definition) is 0. The summed E-state index contributed by atoms with van der Waals surface area (Å²) in [5.41, 5.74) is 0. The van der Waals surface area contributed by atoms with Crippen LogP contribution < -0.4 is 0 Å². The van der Waals surface area contributed by atoms with Crippen LogP contribution in [0.15, 0.2) is 18.6 Å².